The molecule has 2 aromatic carbocycles. The number of carbonyl (C=O) groups is 2. The summed E-state index contributed by atoms with van der Waals surface area (Å²) in [5.74, 6) is -1.05. The average molecular weight is 432 g/mol. The Bertz CT molecular complexity index is 1070. The molecule has 0 fully saturated rings. The van der Waals surface area contributed by atoms with Crippen LogP contribution in [-0.2, 0) is 4.79 Å². The van der Waals surface area contributed by atoms with Crippen molar-refractivity contribution < 1.29 is 27.5 Å². The quantitative estimate of drug-likeness (QED) is 0.601. The summed E-state index contributed by atoms with van der Waals surface area (Å²) < 4.78 is 43.4. The molecule has 162 valence electrons. The molecule has 0 radical (unpaired) electrons. The standard InChI is InChI=1S/C21H19F3N4O3/c1-31-16-9-5-6-14(10-16)19-17(12-28(27-19)15-7-3-2-4-8-15)20(30)25-11-18(29)26-13-21(22,23)24/h2-10,12H,11,13H2,1H3,(H,25,30)(H,26,29). The van der Waals surface area contributed by atoms with Gasteiger partial charge in [-0.2, -0.15) is 18.3 Å². The second-order valence-corrected chi connectivity index (χ2v) is 6.48. The van der Waals surface area contributed by atoms with Crippen LogP contribution in [0.25, 0.3) is 16.9 Å². The molecular formula is C21H19F3N4O3. The van der Waals surface area contributed by atoms with Gasteiger partial charge in [-0.1, -0.05) is 30.3 Å². The number of nitrogens with zero attached hydrogens (tertiary/aromatic N) is 2. The van der Waals surface area contributed by atoms with Crippen molar-refractivity contribution in [2.75, 3.05) is 20.2 Å². The minimum atomic E-state index is -4.53. The van der Waals surface area contributed by atoms with Crippen LogP contribution in [0.2, 0.25) is 0 Å². The predicted molar refractivity (Wildman–Crippen MR) is 107 cm³/mol. The lowest BCUT2D eigenvalue weighted by molar-refractivity contribution is -0.137. The maximum atomic E-state index is 12.7. The van der Waals surface area contributed by atoms with Crippen LogP contribution >= 0.6 is 0 Å². The molecule has 0 unspecified atom stereocenters. The number of ether oxygens (including phenoxy) is 1. The van der Waals surface area contributed by atoms with E-state index in [2.05, 4.69) is 10.4 Å². The maximum Gasteiger partial charge on any atom is 0.405 e. The molecule has 0 saturated heterocycles. The fourth-order valence-corrected chi connectivity index (χ4v) is 2.75. The van der Waals surface area contributed by atoms with Crippen LogP contribution in [0.15, 0.2) is 60.8 Å². The van der Waals surface area contributed by atoms with Crippen molar-refractivity contribution >= 4 is 11.8 Å². The van der Waals surface area contributed by atoms with E-state index in [9.17, 15) is 22.8 Å². The van der Waals surface area contributed by atoms with Crippen LogP contribution in [0.5, 0.6) is 5.75 Å². The number of benzene rings is 2. The van der Waals surface area contributed by atoms with Crippen molar-refractivity contribution in [2.45, 2.75) is 6.18 Å². The van der Waals surface area contributed by atoms with Gasteiger partial charge in [0.1, 0.15) is 18.0 Å². The largest absolute Gasteiger partial charge is 0.497 e. The monoisotopic (exact) mass is 432 g/mol. The number of halogens is 3. The zero-order valence-electron chi connectivity index (χ0n) is 16.4. The van der Waals surface area contributed by atoms with Crippen LogP contribution < -0.4 is 15.4 Å². The summed E-state index contributed by atoms with van der Waals surface area (Å²) in [6.45, 7) is -2.08. The van der Waals surface area contributed by atoms with Gasteiger partial charge in [0.25, 0.3) is 5.91 Å². The summed E-state index contributed by atoms with van der Waals surface area (Å²) in [6, 6.07) is 16.0. The number of rotatable bonds is 7. The van der Waals surface area contributed by atoms with Gasteiger partial charge in [0, 0.05) is 11.8 Å². The molecule has 0 atom stereocenters. The summed E-state index contributed by atoms with van der Waals surface area (Å²) in [4.78, 5) is 24.4. The smallest absolute Gasteiger partial charge is 0.405 e. The first kappa shape index (κ1) is 21.9. The number of para-hydroxylation sites is 1. The van der Waals surface area contributed by atoms with Crippen LogP contribution in [0.1, 0.15) is 10.4 Å². The molecule has 1 heterocycles. The Morgan fingerprint density at radius 2 is 1.81 bits per heavy atom. The first-order chi connectivity index (χ1) is 14.8. The SMILES string of the molecule is COc1cccc(-c2nn(-c3ccccc3)cc2C(=O)NCC(=O)NCC(F)(F)F)c1. The molecule has 0 aliphatic rings. The molecular weight excluding hydrogens is 413 g/mol. The van der Waals surface area contributed by atoms with Crippen molar-refractivity contribution in [1.29, 1.82) is 0 Å². The van der Waals surface area contributed by atoms with E-state index in [4.69, 9.17) is 4.74 Å². The van der Waals surface area contributed by atoms with Gasteiger partial charge in [-0.15, -0.1) is 0 Å². The van der Waals surface area contributed by atoms with Gasteiger partial charge in [0.15, 0.2) is 0 Å². The van der Waals surface area contributed by atoms with E-state index in [-0.39, 0.29) is 5.56 Å². The van der Waals surface area contributed by atoms with Crippen molar-refractivity contribution in [3.8, 4) is 22.7 Å². The van der Waals surface area contributed by atoms with Crippen molar-refractivity contribution in [2.24, 2.45) is 0 Å². The van der Waals surface area contributed by atoms with Crippen molar-refractivity contribution in [3.05, 3.63) is 66.4 Å². The van der Waals surface area contributed by atoms with Crippen LogP contribution in [0.3, 0.4) is 0 Å². The molecule has 2 N–H and O–H groups in total. The third-order valence-electron chi connectivity index (χ3n) is 4.22. The Balaban J connectivity index is 1.86. The lowest BCUT2D eigenvalue weighted by Gasteiger charge is -2.09. The molecule has 0 aliphatic carbocycles. The normalized spacial score (nSPS) is 11.1. The Hall–Kier alpha value is -3.82. The Morgan fingerprint density at radius 1 is 1.06 bits per heavy atom. The second kappa shape index (κ2) is 9.33. The van der Waals surface area contributed by atoms with Crippen molar-refractivity contribution in [1.82, 2.24) is 20.4 Å². The number of aromatic nitrogens is 2. The maximum absolute atomic E-state index is 12.7. The van der Waals surface area contributed by atoms with E-state index in [0.29, 0.717) is 22.7 Å². The lowest BCUT2D eigenvalue weighted by atomic mass is 10.1. The molecule has 0 spiro atoms. The third-order valence-corrected chi connectivity index (χ3v) is 4.22. The van der Waals surface area contributed by atoms with Crippen LogP contribution in [0, 0.1) is 0 Å². The highest BCUT2D eigenvalue weighted by Crippen LogP contribution is 2.27. The van der Waals surface area contributed by atoms with E-state index in [1.54, 1.807) is 41.7 Å². The molecule has 0 aliphatic heterocycles. The summed E-state index contributed by atoms with van der Waals surface area (Å²) in [7, 11) is 1.51. The second-order valence-electron chi connectivity index (χ2n) is 6.48. The highest BCUT2D eigenvalue weighted by atomic mass is 19.4. The Labute approximate surface area is 175 Å². The van der Waals surface area contributed by atoms with Gasteiger partial charge in [-0.3, -0.25) is 9.59 Å². The lowest BCUT2D eigenvalue weighted by Crippen LogP contribution is -2.40. The van der Waals surface area contributed by atoms with E-state index >= 15 is 0 Å². The van der Waals surface area contributed by atoms with Gasteiger partial charge >= 0.3 is 6.18 Å². The summed E-state index contributed by atoms with van der Waals surface area (Å²) in [5.41, 5.74) is 1.78. The zero-order valence-corrected chi connectivity index (χ0v) is 16.4. The molecule has 0 saturated carbocycles. The predicted octanol–water partition coefficient (Wildman–Crippen LogP) is 2.96. The summed E-state index contributed by atoms with van der Waals surface area (Å²) in [6.07, 6.45) is -3.04. The molecule has 31 heavy (non-hydrogen) atoms. The van der Waals surface area contributed by atoms with Gasteiger partial charge in [-0.05, 0) is 24.3 Å². The molecule has 10 heteroatoms. The van der Waals surface area contributed by atoms with Gasteiger partial charge in [-0.25, -0.2) is 4.68 Å². The van der Waals surface area contributed by atoms with Crippen LogP contribution in [-0.4, -0.2) is 48.0 Å². The van der Waals surface area contributed by atoms with Crippen LogP contribution in [0.4, 0.5) is 13.2 Å². The summed E-state index contributed by atoms with van der Waals surface area (Å²) >= 11 is 0. The molecule has 3 rings (SSSR count). The topological polar surface area (TPSA) is 85.2 Å². The van der Waals surface area contributed by atoms with E-state index in [1.165, 1.54) is 18.0 Å². The number of carbonyl (C=O) groups excluding carboxylic acids is 2. The summed E-state index contributed by atoms with van der Waals surface area (Å²) in [5, 5.41) is 8.54. The highest BCUT2D eigenvalue weighted by molar-refractivity contribution is 6.01. The van der Waals surface area contributed by atoms with Crippen molar-refractivity contribution in [3.63, 3.8) is 0 Å². The first-order valence-corrected chi connectivity index (χ1v) is 9.18. The van der Waals surface area contributed by atoms with Gasteiger partial charge < -0.3 is 15.4 Å². The average Bonchev–Trinajstić information content (AvgIpc) is 3.22. The molecule has 3 aromatic rings. The number of hydrogen-bond donors (Lipinski definition) is 2. The Morgan fingerprint density at radius 3 is 2.48 bits per heavy atom. The minimum Gasteiger partial charge on any atom is -0.497 e. The van der Waals surface area contributed by atoms with E-state index in [0.717, 1.165) is 0 Å². The first-order valence-electron chi connectivity index (χ1n) is 9.18. The van der Waals surface area contributed by atoms with E-state index in [1.807, 2.05) is 18.2 Å². The molecule has 7 nitrogen and oxygen atoms in total. The minimum absolute atomic E-state index is 0.153. The number of nitrogens with one attached hydrogen (secondary N) is 2. The van der Waals surface area contributed by atoms with E-state index < -0.39 is 31.1 Å². The van der Waals surface area contributed by atoms with Gasteiger partial charge in [0.05, 0.1) is 24.9 Å². The van der Waals surface area contributed by atoms with Gasteiger partial charge in [0.2, 0.25) is 5.91 Å². The fourth-order valence-electron chi connectivity index (χ4n) is 2.75. The number of amides is 2. The number of methoxy groups -OCH3 is 1. The number of alkyl halides is 3. The molecule has 0 bridgehead atoms. The molecule has 2 amide bonds. The Kier molecular flexibility index (Phi) is 6.58. The zero-order chi connectivity index (χ0) is 22.4. The molecule has 1 aromatic heterocycles. The third kappa shape index (κ3) is 5.84. The fraction of sp³-hybridized carbons (Fsp3) is 0.190. The number of hydrogen-bond acceptors (Lipinski definition) is 4. The highest BCUT2D eigenvalue weighted by Gasteiger charge is 2.28.